The minimum absolute atomic E-state index is 0. The smallest absolute Gasteiger partial charge is 0.0181 e. The van der Waals surface area contributed by atoms with Gasteiger partial charge in [-0.1, -0.05) is 19.3 Å². The van der Waals surface area contributed by atoms with Gasteiger partial charge in [0.15, 0.2) is 0 Å². The third kappa shape index (κ3) is 2.23. The third-order valence-corrected chi connectivity index (χ3v) is 3.80. The Labute approximate surface area is 81.6 Å². The van der Waals surface area contributed by atoms with E-state index in [-0.39, 0.29) is 5.48 Å². The first-order valence-corrected chi connectivity index (χ1v) is 5.56. The summed E-state index contributed by atoms with van der Waals surface area (Å²) in [6.45, 7) is 5.23. The third-order valence-electron chi connectivity index (χ3n) is 3.80. The van der Waals surface area contributed by atoms with Crippen LogP contribution in [0, 0.1) is 0 Å². The second kappa shape index (κ2) is 4.43. The van der Waals surface area contributed by atoms with Crippen molar-refractivity contribution in [3.63, 3.8) is 0 Å². The van der Waals surface area contributed by atoms with E-state index in [9.17, 15) is 0 Å². The number of nitrogens with zero attached hydrogens (tertiary/aromatic N) is 1. The molecule has 2 rings (SSSR count). The van der Waals surface area contributed by atoms with Gasteiger partial charge < -0.3 is 5.48 Å². The molecule has 2 aliphatic rings. The van der Waals surface area contributed by atoms with Gasteiger partial charge in [0.05, 0.1) is 0 Å². The zero-order valence-electron chi connectivity index (χ0n) is 8.81. The molecule has 2 heteroatoms. The molecule has 1 aliphatic heterocycles. The van der Waals surface area contributed by atoms with Gasteiger partial charge >= 0.3 is 0 Å². The lowest BCUT2D eigenvalue weighted by Gasteiger charge is -2.41. The standard InChI is InChI=1S/C11H21N.H2O/c1-11(7-3-2-4-8-11)12-9-5-6-10-12;/h2-10H2,1H3;1H2. The fourth-order valence-electron chi connectivity index (χ4n) is 2.89. The molecule has 1 aliphatic carbocycles. The Morgan fingerprint density at radius 1 is 0.846 bits per heavy atom. The Balaban J connectivity index is 0.000000845. The normalized spacial score (nSPS) is 28.4. The van der Waals surface area contributed by atoms with Gasteiger partial charge in [0.25, 0.3) is 0 Å². The van der Waals surface area contributed by atoms with Crippen molar-refractivity contribution >= 4 is 0 Å². The molecule has 1 saturated carbocycles. The maximum atomic E-state index is 2.74. The summed E-state index contributed by atoms with van der Waals surface area (Å²) in [7, 11) is 0. The van der Waals surface area contributed by atoms with Crippen molar-refractivity contribution in [2.45, 2.75) is 57.4 Å². The van der Waals surface area contributed by atoms with E-state index in [1.807, 2.05) is 0 Å². The van der Waals surface area contributed by atoms with Gasteiger partial charge in [0.2, 0.25) is 0 Å². The molecule has 2 fully saturated rings. The van der Waals surface area contributed by atoms with Gasteiger partial charge in [-0.3, -0.25) is 4.90 Å². The average molecular weight is 185 g/mol. The van der Waals surface area contributed by atoms with E-state index in [1.54, 1.807) is 0 Å². The molecule has 0 spiro atoms. The number of likely N-dealkylation sites (tertiary alicyclic amines) is 1. The summed E-state index contributed by atoms with van der Waals surface area (Å²) >= 11 is 0. The number of hydrogen-bond acceptors (Lipinski definition) is 1. The molecule has 0 aromatic rings. The first-order chi connectivity index (χ1) is 5.81. The van der Waals surface area contributed by atoms with Gasteiger partial charge in [0.1, 0.15) is 0 Å². The monoisotopic (exact) mass is 185 g/mol. The lowest BCUT2D eigenvalue weighted by molar-refractivity contribution is 0.0912. The summed E-state index contributed by atoms with van der Waals surface area (Å²) in [4.78, 5) is 2.74. The molecule has 0 bridgehead atoms. The summed E-state index contributed by atoms with van der Waals surface area (Å²) < 4.78 is 0. The Hall–Kier alpha value is -0.0800. The Morgan fingerprint density at radius 3 is 1.92 bits per heavy atom. The lowest BCUT2D eigenvalue weighted by atomic mass is 9.82. The van der Waals surface area contributed by atoms with Crippen molar-refractivity contribution in [3.05, 3.63) is 0 Å². The lowest BCUT2D eigenvalue weighted by Crippen LogP contribution is -2.45. The molecule has 78 valence electrons. The van der Waals surface area contributed by atoms with E-state index in [2.05, 4.69) is 11.8 Å². The SMILES string of the molecule is CC1(N2CCCC2)CCCCC1.O. The summed E-state index contributed by atoms with van der Waals surface area (Å²) in [5.74, 6) is 0. The van der Waals surface area contributed by atoms with Gasteiger partial charge in [-0.25, -0.2) is 0 Å². The quantitative estimate of drug-likeness (QED) is 0.615. The van der Waals surface area contributed by atoms with Crippen molar-refractivity contribution in [1.82, 2.24) is 4.90 Å². The highest BCUT2D eigenvalue weighted by molar-refractivity contribution is 4.90. The van der Waals surface area contributed by atoms with Gasteiger partial charge in [-0.15, -0.1) is 0 Å². The minimum Gasteiger partial charge on any atom is -0.412 e. The highest BCUT2D eigenvalue weighted by Crippen LogP contribution is 2.35. The molecule has 1 heterocycles. The molecule has 0 aromatic carbocycles. The van der Waals surface area contributed by atoms with Crippen molar-refractivity contribution in [2.75, 3.05) is 13.1 Å². The second-order valence-electron chi connectivity index (χ2n) is 4.75. The Bertz CT molecular complexity index is 146. The first kappa shape index (κ1) is 11.0. The van der Waals surface area contributed by atoms with Crippen LogP contribution in [0.1, 0.15) is 51.9 Å². The van der Waals surface area contributed by atoms with Gasteiger partial charge in [-0.2, -0.15) is 0 Å². The molecule has 0 radical (unpaired) electrons. The molecule has 0 aromatic heterocycles. The second-order valence-corrected chi connectivity index (χ2v) is 4.75. The molecule has 0 unspecified atom stereocenters. The number of rotatable bonds is 1. The Kier molecular flexibility index (Phi) is 3.74. The maximum absolute atomic E-state index is 2.74. The zero-order chi connectivity index (χ0) is 8.44. The molecular weight excluding hydrogens is 162 g/mol. The fraction of sp³-hybridized carbons (Fsp3) is 1.00. The molecule has 0 amide bonds. The van der Waals surface area contributed by atoms with Crippen molar-refractivity contribution in [2.24, 2.45) is 0 Å². The van der Waals surface area contributed by atoms with Crippen LogP contribution in [-0.4, -0.2) is 29.0 Å². The van der Waals surface area contributed by atoms with Gasteiger partial charge in [-0.05, 0) is 45.7 Å². The molecule has 13 heavy (non-hydrogen) atoms. The maximum Gasteiger partial charge on any atom is 0.0181 e. The summed E-state index contributed by atoms with van der Waals surface area (Å²) in [6, 6.07) is 0. The van der Waals surface area contributed by atoms with Crippen molar-refractivity contribution < 1.29 is 5.48 Å². The average Bonchev–Trinajstić information content (AvgIpc) is 2.58. The summed E-state index contributed by atoms with van der Waals surface area (Å²) in [5.41, 5.74) is 0.592. The van der Waals surface area contributed by atoms with Crippen LogP contribution in [0.15, 0.2) is 0 Å². The molecule has 1 saturated heterocycles. The summed E-state index contributed by atoms with van der Waals surface area (Å²) in [5, 5.41) is 0. The largest absolute Gasteiger partial charge is 0.412 e. The molecule has 2 N–H and O–H groups in total. The predicted octanol–water partition coefficient (Wildman–Crippen LogP) is 1.98. The number of hydrogen-bond donors (Lipinski definition) is 0. The predicted molar refractivity (Wildman–Crippen MR) is 55.9 cm³/mol. The van der Waals surface area contributed by atoms with Crippen LogP contribution in [0.5, 0.6) is 0 Å². The highest BCUT2D eigenvalue weighted by Gasteiger charge is 2.34. The van der Waals surface area contributed by atoms with Crippen LogP contribution >= 0.6 is 0 Å². The van der Waals surface area contributed by atoms with E-state index in [4.69, 9.17) is 0 Å². The van der Waals surface area contributed by atoms with E-state index in [0.29, 0.717) is 5.54 Å². The van der Waals surface area contributed by atoms with Crippen LogP contribution in [0.4, 0.5) is 0 Å². The van der Waals surface area contributed by atoms with E-state index in [1.165, 1.54) is 58.0 Å². The molecule has 0 atom stereocenters. The molecular formula is C11H23NO. The first-order valence-electron chi connectivity index (χ1n) is 5.56. The van der Waals surface area contributed by atoms with Gasteiger partial charge in [0, 0.05) is 5.54 Å². The van der Waals surface area contributed by atoms with Crippen molar-refractivity contribution in [3.8, 4) is 0 Å². The summed E-state index contributed by atoms with van der Waals surface area (Å²) in [6.07, 6.45) is 10.2. The van der Waals surface area contributed by atoms with E-state index >= 15 is 0 Å². The van der Waals surface area contributed by atoms with Crippen LogP contribution in [-0.2, 0) is 0 Å². The van der Waals surface area contributed by atoms with Crippen LogP contribution in [0.25, 0.3) is 0 Å². The van der Waals surface area contributed by atoms with E-state index in [0.717, 1.165) is 0 Å². The topological polar surface area (TPSA) is 34.7 Å². The highest BCUT2D eigenvalue weighted by atomic mass is 16.0. The van der Waals surface area contributed by atoms with Crippen LogP contribution in [0.3, 0.4) is 0 Å². The minimum atomic E-state index is 0. The van der Waals surface area contributed by atoms with E-state index < -0.39 is 0 Å². The fourth-order valence-corrected chi connectivity index (χ4v) is 2.89. The zero-order valence-corrected chi connectivity index (χ0v) is 8.81. The van der Waals surface area contributed by atoms with Crippen LogP contribution < -0.4 is 0 Å². The van der Waals surface area contributed by atoms with Crippen LogP contribution in [0.2, 0.25) is 0 Å². The van der Waals surface area contributed by atoms with Crippen molar-refractivity contribution in [1.29, 1.82) is 0 Å². The Morgan fingerprint density at radius 2 is 1.38 bits per heavy atom. The molecule has 2 nitrogen and oxygen atoms in total.